The van der Waals surface area contributed by atoms with E-state index in [9.17, 15) is 5.11 Å². The van der Waals surface area contributed by atoms with Crippen LogP contribution in [0.4, 0.5) is 0 Å². The Hall–Kier alpha value is -2.14. The summed E-state index contributed by atoms with van der Waals surface area (Å²) < 4.78 is 5.78. The maximum Gasteiger partial charge on any atom is 0.119 e. The molecule has 0 bridgehead atoms. The number of hydrogen-bond acceptors (Lipinski definition) is 4. The first-order valence-electron chi connectivity index (χ1n) is 9.02. The largest absolute Gasteiger partial charge is 0.491 e. The molecule has 26 heavy (non-hydrogen) atoms. The summed E-state index contributed by atoms with van der Waals surface area (Å²) in [6.45, 7) is 2.91. The minimum absolute atomic E-state index is 0.317. The molecule has 1 aromatic heterocycles. The van der Waals surface area contributed by atoms with Crippen molar-refractivity contribution in [1.29, 1.82) is 0 Å². The Balaban J connectivity index is 1.27. The van der Waals surface area contributed by atoms with E-state index in [1.165, 1.54) is 21.6 Å². The van der Waals surface area contributed by atoms with Gasteiger partial charge < -0.3 is 9.84 Å². The second-order valence-corrected chi connectivity index (χ2v) is 7.71. The number of hydrogen-bond donors (Lipinski definition) is 1. The summed E-state index contributed by atoms with van der Waals surface area (Å²) in [6, 6.07) is 20.5. The topological polar surface area (TPSA) is 32.7 Å². The molecule has 1 N–H and O–H groups in total. The zero-order valence-electron chi connectivity index (χ0n) is 14.7. The summed E-state index contributed by atoms with van der Waals surface area (Å²) in [5.41, 5.74) is 3.77. The van der Waals surface area contributed by atoms with E-state index in [1.54, 1.807) is 0 Å². The molecule has 0 fully saturated rings. The van der Waals surface area contributed by atoms with E-state index < -0.39 is 6.10 Å². The zero-order chi connectivity index (χ0) is 17.8. The van der Waals surface area contributed by atoms with E-state index >= 15 is 0 Å². The molecule has 0 unspecified atom stereocenters. The van der Waals surface area contributed by atoms with E-state index in [-0.39, 0.29) is 0 Å². The fourth-order valence-electron chi connectivity index (χ4n) is 3.38. The third-order valence-electron chi connectivity index (χ3n) is 4.76. The fourth-order valence-corrected chi connectivity index (χ4v) is 4.27. The maximum atomic E-state index is 10.3. The lowest BCUT2D eigenvalue weighted by molar-refractivity contribution is 0.0640. The van der Waals surface area contributed by atoms with Crippen LogP contribution in [0.15, 0.2) is 66.0 Å². The number of benzene rings is 2. The first kappa shape index (κ1) is 17.3. The Morgan fingerprint density at radius 3 is 2.58 bits per heavy atom. The van der Waals surface area contributed by atoms with Gasteiger partial charge in [0, 0.05) is 24.5 Å². The number of nitrogens with zero attached hydrogens (tertiary/aromatic N) is 1. The summed E-state index contributed by atoms with van der Waals surface area (Å²) in [7, 11) is 0. The van der Waals surface area contributed by atoms with Crippen molar-refractivity contribution in [3.05, 3.63) is 76.5 Å². The lowest BCUT2D eigenvalue weighted by Crippen LogP contribution is -2.38. The summed E-state index contributed by atoms with van der Waals surface area (Å²) >= 11 is 1.84. The van der Waals surface area contributed by atoms with Gasteiger partial charge in [0.25, 0.3) is 0 Å². The molecule has 0 amide bonds. The summed E-state index contributed by atoms with van der Waals surface area (Å²) in [5, 5.41) is 12.5. The molecule has 3 aromatic rings. The highest BCUT2D eigenvalue weighted by atomic mass is 32.1. The third kappa shape index (κ3) is 4.15. The number of aliphatic hydroxyl groups is 1. The van der Waals surface area contributed by atoms with Gasteiger partial charge in [0.2, 0.25) is 0 Å². The molecule has 2 heterocycles. The van der Waals surface area contributed by atoms with E-state index in [2.05, 4.69) is 40.6 Å². The quantitative estimate of drug-likeness (QED) is 0.710. The second kappa shape index (κ2) is 8.04. The minimum Gasteiger partial charge on any atom is -0.491 e. The number of ether oxygens (including phenoxy) is 1. The fraction of sp³-hybridized carbons (Fsp3) is 0.273. The molecule has 0 radical (unpaired) electrons. The van der Waals surface area contributed by atoms with Crippen molar-refractivity contribution in [2.24, 2.45) is 0 Å². The molecule has 1 aliphatic rings. The monoisotopic (exact) mass is 365 g/mol. The molecular weight excluding hydrogens is 342 g/mol. The highest BCUT2D eigenvalue weighted by Crippen LogP contribution is 2.24. The van der Waals surface area contributed by atoms with Crippen LogP contribution in [0, 0.1) is 0 Å². The molecule has 4 rings (SSSR count). The van der Waals surface area contributed by atoms with E-state index in [4.69, 9.17) is 4.74 Å². The smallest absolute Gasteiger partial charge is 0.119 e. The average Bonchev–Trinajstić information content (AvgIpc) is 3.15. The molecule has 2 aromatic carbocycles. The molecule has 0 aliphatic carbocycles. The number of rotatable bonds is 6. The normalized spacial score (nSPS) is 15.4. The van der Waals surface area contributed by atoms with E-state index in [0.717, 1.165) is 25.3 Å². The molecule has 3 nitrogen and oxygen atoms in total. The Morgan fingerprint density at radius 1 is 1.00 bits per heavy atom. The van der Waals surface area contributed by atoms with Crippen molar-refractivity contribution >= 4 is 11.3 Å². The number of β-amino-alcohol motifs (C(OH)–C–C–N with tert-alkyl or cyclic N) is 1. The van der Waals surface area contributed by atoms with Gasteiger partial charge in [0.05, 0.1) is 0 Å². The van der Waals surface area contributed by atoms with Crippen LogP contribution < -0.4 is 4.74 Å². The van der Waals surface area contributed by atoms with E-state index in [1.807, 2.05) is 41.7 Å². The van der Waals surface area contributed by atoms with Crippen LogP contribution in [-0.4, -0.2) is 35.8 Å². The predicted molar refractivity (Wildman–Crippen MR) is 107 cm³/mol. The molecular formula is C22H23NO2S. The lowest BCUT2D eigenvalue weighted by Gasteiger charge is -2.28. The Labute approximate surface area is 158 Å². The molecule has 0 saturated carbocycles. The van der Waals surface area contributed by atoms with Gasteiger partial charge in [-0.3, -0.25) is 4.90 Å². The van der Waals surface area contributed by atoms with Crippen LogP contribution in [0.2, 0.25) is 0 Å². The van der Waals surface area contributed by atoms with Crippen LogP contribution in [-0.2, 0) is 13.0 Å². The average molecular weight is 365 g/mol. The molecule has 1 aliphatic heterocycles. The van der Waals surface area contributed by atoms with Gasteiger partial charge in [0.1, 0.15) is 18.5 Å². The Morgan fingerprint density at radius 2 is 1.77 bits per heavy atom. The van der Waals surface area contributed by atoms with Crippen LogP contribution in [0.1, 0.15) is 10.4 Å². The maximum absolute atomic E-state index is 10.3. The van der Waals surface area contributed by atoms with Gasteiger partial charge in [-0.05, 0) is 46.7 Å². The van der Waals surface area contributed by atoms with Crippen molar-refractivity contribution in [2.45, 2.75) is 19.1 Å². The molecule has 0 saturated heterocycles. The van der Waals surface area contributed by atoms with Crippen molar-refractivity contribution in [3.8, 4) is 16.9 Å². The molecule has 1 atom stereocenters. The van der Waals surface area contributed by atoms with Crippen LogP contribution in [0.3, 0.4) is 0 Å². The summed E-state index contributed by atoms with van der Waals surface area (Å²) in [4.78, 5) is 3.80. The standard InChI is InChI=1S/C22H23NO2S/c24-20(15-23-12-10-22-19(14-23)11-13-26-22)16-25-21-8-6-18(7-9-21)17-4-2-1-3-5-17/h1-9,11,13,20,24H,10,12,14-16H2/t20-/m1/s1. The van der Waals surface area contributed by atoms with Gasteiger partial charge in [-0.1, -0.05) is 42.5 Å². The second-order valence-electron chi connectivity index (χ2n) is 6.71. The predicted octanol–water partition coefficient (Wildman–Crippen LogP) is 4.21. The number of fused-ring (bicyclic) bond motifs is 1. The highest BCUT2D eigenvalue weighted by molar-refractivity contribution is 7.10. The van der Waals surface area contributed by atoms with Gasteiger partial charge >= 0.3 is 0 Å². The van der Waals surface area contributed by atoms with Gasteiger partial charge in [0.15, 0.2) is 0 Å². The first-order chi connectivity index (χ1) is 12.8. The number of aliphatic hydroxyl groups excluding tert-OH is 1. The SMILES string of the molecule is O[C@@H](COc1ccc(-c2ccccc2)cc1)CN1CCc2sccc2C1. The van der Waals surface area contributed by atoms with Crippen LogP contribution in [0.25, 0.3) is 11.1 Å². The van der Waals surface area contributed by atoms with Crippen molar-refractivity contribution < 1.29 is 9.84 Å². The van der Waals surface area contributed by atoms with Crippen molar-refractivity contribution in [3.63, 3.8) is 0 Å². The van der Waals surface area contributed by atoms with Crippen molar-refractivity contribution in [1.82, 2.24) is 4.90 Å². The van der Waals surface area contributed by atoms with Crippen LogP contribution >= 0.6 is 11.3 Å². The lowest BCUT2D eigenvalue weighted by atomic mass is 10.1. The van der Waals surface area contributed by atoms with Gasteiger partial charge in [-0.25, -0.2) is 0 Å². The number of thiophene rings is 1. The first-order valence-corrected chi connectivity index (χ1v) is 9.90. The molecule has 134 valence electrons. The van der Waals surface area contributed by atoms with Crippen LogP contribution in [0.5, 0.6) is 5.75 Å². The van der Waals surface area contributed by atoms with Crippen molar-refractivity contribution in [2.75, 3.05) is 19.7 Å². The van der Waals surface area contributed by atoms with E-state index in [0.29, 0.717) is 13.2 Å². The third-order valence-corrected chi connectivity index (χ3v) is 5.78. The minimum atomic E-state index is -0.482. The van der Waals surface area contributed by atoms with Gasteiger partial charge in [-0.15, -0.1) is 11.3 Å². The zero-order valence-corrected chi connectivity index (χ0v) is 15.5. The summed E-state index contributed by atoms with van der Waals surface area (Å²) in [5.74, 6) is 0.794. The Bertz CT molecular complexity index is 829. The Kier molecular flexibility index (Phi) is 5.34. The van der Waals surface area contributed by atoms with Gasteiger partial charge in [-0.2, -0.15) is 0 Å². The molecule has 0 spiro atoms. The summed E-state index contributed by atoms with van der Waals surface area (Å²) in [6.07, 6.45) is 0.602. The highest BCUT2D eigenvalue weighted by Gasteiger charge is 2.19. The molecule has 4 heteroatoms.